The molecule has 0 amide bonds. The third-order valence-electron chi connectivity index (χ3n) is 4.28. The van der Waals surface area contributed by atoms with Crippen LogP contribution in [0, 0.1) is 6.92 Å². The van der Waals surface area contributed by atoms with Gasteiger partial charge in [-0.1, -0.05) is 17.7 Å². The number of halogens is 1. The Morgan fingerprint density at radius 2 is 2.17 bits per heavy atom. The van der Waals surface area contributed by atoms with Gasteiger partial charge in [0.25, 0.3) is 0 Å². The van der Waals surface area contributed by atoms with Gasteiger partial charge in [0.1, 0.15) is 5.60 Å². The van der Waals surface area contributed by atoms with Crippen molar-refractivity contribution in [3.63, 3.8) is 0 Å². The number of nitrogens with zero attached hydrogens (tertiary/aromatic N) is 1. The molecule has 6 nitrogen and oxygen atoms in total. The monoisotopic (exact) mass is 360 g/mol. The quantitative estimate of drug-likeness (QED) is 0.853. The first-order chi connectivity index (χ1) is 10.9. The van der Waals surface area contributed by atoms with Crippen LogP contribution in [-0.4, -0.2) is 64.3 Å². The van der Waals surface area contributed by atoms with Crippen LogP contribution in [0.2, 0.25) is 5.02 Å². The van der Waals surface area contributed by atoms with Gasteiger partial charge in [-0.3, -0.25) is 0 Å². The number of nitrogens with one attached hydrogen (secondary N) is 1. The van der Waals surface area contributed by atoms with Crippen LogP contribution in [0.15, 0.2) is 23.1 Å². The summed E-state index contributed by atoms with van der Waals surface area (Å²) < 4.78 is 39.0. The Morgan fingerprint density at radius 1 is 1.35 bits per heavy atom. The van der Waals surface area contributed by atoms with E-state index in [9.17, 15) is 8.42 Å². The third kappa shape index (κ3) is 3.40. The molecule has 1 atom stereocenters. The lowest BCUT2D eigenvalue weighted by atomic mass is 10.0. The van der Waals surface area contributed by atoms with Crippen LogP contribution in [0.5, 0.6) is 0 Å². The van der Waals surface area contributed by atoms with Gasteiger partial charge in [-0.2, -0.15) is 4.31 Å². The van der Waals surface area contributed by atoms with Crippen molar-refractivity contribution in [2.24, 2.45) is 0 Å². The van der Waals surface area contributed by atoms with E-state index in [0.29, 0.717) is 43.5 Å². The van der Waals surface area contributed by atoms with Crippen molar-refractivity contribution in [3.05, 3.63) is 28.8 Å². The fraction of sp³-hybridized carbons (Fsp3) is 0.600. The van der Waals surface area contributed by atoms with Crippen LogP contribution in [0.3, 0.4) is 0 Å². The van der Waals surface area contributed by atoms with Crippen LogP contribution in [-0.2, 0) is 19.5 Å². The minimum absolute atomic E-state index is 0.254. The van der Waals surface area contributed by atoms with Gasteiger partial charge < -0.3 is 14.8 Å². The van der Waals surface area contributed by atoms with Gasteiger partial charge in [-0.25, -0.2) is 8.42 Å². The van der Waals surface area contributed by atoms with Crippen LogP contribution >= 0.6 is 11.6 Å². The van der Waals surface area contributed by atoms with E-state index in [1.165, 1.54) is 4.31 Å². The zero-order valence-electron chi connectivity index (χ0n) is 13.0. The summed E-state index contributed by atoms with van der Waals surface area (Å²) in [5.41, 5.74) is -0.0566. The fourth-order valence-corrected chi connectivity index (χ4v) is 4.96. The summed E-state index contributed by atoms with van der Waals surface area (Å²) in [6.07, 6.45) is 0. The highest BCUT2D eigenvalue weighted by Crippen LogP contribution is 2.29. The number of morpholine rings is 1. The number of sulfonamides is 1. The van der Waals surface area contributed by atoms with Gasteiger partial charge in [-0.05, 0) is 24.6 Å². The highest BCUT2D eigenvalue weighted by atomic mass is 35.5. The second-order valence-corrected chi connectivity index (χ2v) is 8.28. The molecule has 1 spiro atoms. The van der Waals surface area contributed by atoms with Crippen molar-refractivity contribution in [2.75, 3.05) is 46.0 Å². The molecule has 1 aromatic carbocycles. The number of ether oxygens (including phenoxy) is 2. The van der Waals surface area contributed by atoms with Gasteiger partial charge in [0.15, 0.2) is 0 Å². The molecule has 2 fully saturated rings. The molecular weight excluding hydrogens is 340 g/mol. The zero-order valence-corrected chi connectivity index (χ0v) is 14.6. The Bertz CT molecular complexity index is 672. The van der Waals surface area contributed by atoms with Crippen molar-refractivity contribution in [2.45, 2.75) is 17.4 Å². The Labute approximate surface area is 141 Å². The van der Waals surface area contributed by atoms with E-state index in [4.69, 9.17) is 21.1 Å². The van der Waals surface area contributed by atoms with Crippen LogP contribution in [0.4, 0.5) is 0 Å². The molecule has 3 rings (SSSR count). The maximum Gasteiger partial charge on any atom is 0.243 e. The average molecular weight is 361 g/mol. The van der Waals surface area contributed by atoms with E-state index >= 15 is 0 Å². The molecule has 0 aromatic heterocycles. The molecule has 23 heavy (non-hydrogen) atoms. The molecule has 0 unspecified atom stereocenters. The summed E-state index contributed by atoms with van der Waals surface area (Å²) in [7, 11) is -3.62. The Hall–Kier alpha value is -0.700. The zero-order chi connectivity index (χ0) is 16.5. The molecule has 0 radical (unpaired) electrons. The molecule has 2 saturated heterocycles. The van der Waals surface area contributed by atoms with E-state index in [0.717, 1.165) is 6.54 Å². The first kappa shape index (κ1) is 17.1. The summed E-state index contributed by atoms with van der Waals surface area (Å²) in [6, 6.07) is 4.95. The highest BCUT2D eigenvalue weighted by molar-refractivity contribution is 7.89. The summed E-state index contributed by atoms with van der Waals surface area (Å²) >= 11 is 6.08. The topological polar surface area (TPSA) is 67.9 Å². The van der Waals surface area contributed by atoms with Gasteiger partial charge >= 0.3 is 0 Å². The van der Waals surface area contributed by atoms with Crippen molar-refractivity contribution in [3.8, 4) is 0 Å². The first-order valence-corrected chi connectivity index (χ1v) is 9.44. The molecule has 8 heteroatoms. The molecular formula is C15H21ClN2O4S. The van der Waals surface area contributed by atoms with E-state index in [-0.39, 0.29) is 11.4 Å². The number of hydrogen-bond donors (Lipinski definition) is 1. The van der Waals surface area contributed by atoms with Gasteiger partial charge in [0.05, 0.1) is 24.7 Å². The molecule has 0 aliphatic carbocycles. The first-order valence-electron chi connectivity index (χ1n) is 7.62. The maximum atomic E-state index is 13.0. The van der Waals surface area contributed by atoms with Gasteiger partial charge in [0, 0.05) is 31.2 Å². The molecule has 2 heterocycles. The van der Waals surface area contributed by atoms with E-state index < -0.39 is 15.6 Å². The number of benzene rings is 1. The lowest BCUT2D eigenvalue weighted by molar-refractivity contribution is -0.118. The van der Waals surface area contributed by atoms with Gasteiger partial charge in [0.2, 0.25) is 10.0 Å². The Morgan fingerprint density at radius 3 is 3.00 bits per heavy atom. The third-order valence-corrected chi connectivity index (χ3v) is 6.68. The van der Waals surface area contributed by atoms with Crippen molar-refractivity contribution in [1.82, 2.24) is 9.62 Å². The molecule has 1 N–H and O–H groups in total. The Balaban J connectivity index is 1.89. The van der Waals surface area contributed by atoms with Crippen molar-refractivity contribution >= 4 is 21.6 Å². The maximum absolute atomic E-state index is 13.0. The molecule has 2 aliphatic rings. The standard InChI is InChI=1S/C15H21ClN2O4S/c1-12-13(16)3-2-4-14(12)23(19,20)18-6-8-22-15(10-18)9-17-5-7-21-11-15/h2-4,17H,5-11H2,1H3/t15-/m1/s1. The van der Waals surface area contributed by atoms with Crippen molar-refractivity contribution < 1.29 is 17.9 Å². The molecule has 0 saturated carbocycles. The largest absolute Gasteiger partial charge is 0.377 e. The molecule has 0 bridgehead atoms. The second-order valence-electron chi connectivity index (χ2n) is 5.96. The predicted molar refractivity (Wildman–Crippen MR) is 87.3 cm³/mol. The van der Waals surface area contributed by atoms with Crippen LogP contribution < -0.4 is 5.32 Å². The minimum atomic E-state index is -3.62. The lowest BCUT2D eigenvalue weighted by Crippen LogP contribution is -2.59. The fourth-order valence-electron chi connectivity index (χ4n) is 2.99. The average Bonchev–Trinajstić information content (AvgIpc) is 2.75. The van der Waals surface area contributed by atoms with Gasteiger partial charge in [-0.15, -0.1) is 0 Å². The molecule has 128 valence electrons. The highest BCUT2D eigenvalue weighted by Gasteiger charge is 2.42. The van der Waals surface area contributed by atoms with Crippen LogP contribution in [0.1, 0.15) is 5.56 Å². The molecule has 1 aromatic rings. The smallest absolute Gasteiger partial charge is 0.243 e. The van der Waals surface area contributed by atoms with Crippen molar-refractivity contribution in [1.29, 1.82) is 0 Å². The molecule has 2 aliphatic heterocycles. The van der Waals surface area contributed by atoms with E-state index in [1.54, 1.807) is 25.1 Å². The normalized spacial score (nSPS) is 27.0. The van der Waals surface area contributed by atoms with E-state index in [1.807, 2.05) is 0 Å². The summed E-state index contributed by atoms with van der Waals surface area (Å²) in [4.78, 5) is 0.254. The number of hydrogen-bond acceptors (Lipinski definition) is 5. The number of rotatable bonds is 2. The Kier molecular flexibility index (Phi) is 4.96. The second kappa shape index (κ2) is 6.66. The SMILES string of the molecule is Cc1c(Cl)cccc1S(=O)(=O)N1CCO[C@]2(CNCCOC2)C1. The lowest BCUT2D eigenvalue weighted by Gasteiger charge is -2.41. The van der Waals surface area contributed by atoms with E-state index in [2.05, 4.69) is 5.32 Å². The minimum Gasteiger partial charge on any atom is -0.377 e. The van der Waals surface area contributed by atoms with Crippen LogP contribution in [0.25, 0.3) is 0 Å². The summed E-state index contributed by atoms with van der Waals surface area (Å²) in [6.45, 7) is 4.99. The summed E-state index contributed by atoms with van der Waals surface area (Å²) in [5.74, 6) is 0. The predicted octanol–water partition coefficient (Wildman–Crippen LogP) is 1.03. The summed E-state index contributed by atoms with van der Waals surface area (Å²) in [5, 5.41) is 3.70.